The summed E-state index contributed by atoms with van der Waals surface area (Å²) in [5.74, 6) is 0.914. The van der Waals surface area contributed by atoms with Crippen LogP contribution in [0.1, 0.15) is 32.4 Å². The molecule has 0 fully saturated rings. The molecule has 0 aliphatic heterocycles. The Balaban J connectivity index is 2.68. The van der Waals surface area contributed by atoms with Crippen LogP contribution in [0.4, 0.5) is 0 Å². The summed E-state index contributed by atoms with van der Waals surface area (Å²) in [6.45, 7) is 9.40. The molecule has 0 aromatic carbocycles. The molecule has 0 amide bonds. The smallest absolute Gasteiger partial charge is 0.0949 e. The lowest BCUT2D eigenvalue weighted by atomic mass is 9.93. The maximum atomic E-state index is 5.82. The maximum absolute atomic E-state index is 5.82. The second kappa shape index (κ2) is 6.66. The minimum Gasteiger partial charge on any atom is -0.380 e. The summed E-state index contributed by atoms with van der Waals surface area (Å²) in [5.41, 5.74) is 7.04. The van der Waals surface area contributed by atoms with Gasteiger partial charge in [-0.15, -0.1) is 0 Å². The molecule has 1 rings (SSSR count). The van der Waals surface area contributed by atoms with Crippen LogP contribution in [-0.4, -0.2) is 29.3 Å². The Labute approximate surface area is 97.8 Å². The third-order valence-corrected chi connectivity index (χ3v) is 2.86. The zero-order valence-electron chi connectivity index (χ0n) is 10.5. The van der Waals surface area contributed by atoms with Gasteiger partial charge >= 0.3 is 0 Å². The number of aromatic nitrogens is 2. The quantitative estimate of drug-likeness (QED) is 0.717. The van der Waals surface area contributed by atoms with Gasteiger partial charge in [-0.2, -0.15) is 0 Å². The van der Waals surface area contributed by atoms with Crippen LogP contribution in [0.3, 0.4) is 0 Å². The van der Waals surface area contributed by atoms with Crippen molar-refractivity contribution in [3.63, 3.8) is 0 Å². The largest absolute Gasteiger partial charge is 0.380 e. The number of ether oxygens (including phenoxy) is 1. The molecule has 1 aromatic heterocycles. The van der Waals surface area contributed by atoms with Gasteiger partial charge in [0.1, 0.15) is 0 Å². The molecule has 16 heavy (non-hydrogen) atoms. The van der Waals surface area contributed by atoms with Gasteiger partial charge in [0.05, 0.1) is 12.9 Å². The molecular formula is C12H23N3O. The van der Waals surface area contributed by atoms with E-state index in [9.17, 15) is 0 Å². The number of hydrogen-bond donors (Lipinski definition) is 1. The van der Waals surface area contributed by atoms with Gasteiger partial charge in [-0.3, -0.25) is 0 Å². The molecule has 0 saturated carbocycles. The number of nitrogens with zero attached hydrogens (tertiary/aromatic N) is 2. The van der Waals surface area contributed by atoms with Gasteiger partial charge in [-0.05, 0) is 12.8 Å². The predicted molar refractivity (Wildman–Crippen MR) is 65.4 cm³/mol. The van der Waals surface area contributed by atoms with Gasteiger partial charge in [-0.1, -0.05) is 13.8 Å². The van der Waals surface area contributed by atoms with Crippen LogP contribution >= 0.6 is 0 Å². The first kappa shape index (κ1) is 13.2. The highest BCUT2D eigenvalue weighted by Gasteiger charge is 2.17. The summed E-state index contributed by atoms with van der Waals surface area (Å²) in [6, 6.07) is 0. The van der Waals surface area contributed by atoms with Gasteiger partial charge in [0, 0.05) is 37.5 Å². The van der Waals surface area contributed by atoms with E-state index in [2.05, 4.69) is 23.4 Å². The van der Waals surface area contributed by atoms with E-state index < -0.39 is 0 Å². The van der Waals surface area contributed by atoms with E-state index in [1.54, 1.807) is 0 Å². The number of nitrogens with two attached hydrogens (primary N) is 1. The van der Waals surface area contributed by atoms with Crippen molar-refractivity contribution in [2.45, 2.75) is 33.2 Å². The SMILES string of the molecule is CCOCCn1cncc1C(CN)C(C)C. The second-order valence-electron chi connectivity index (χ2n) is 4.30. The summed E-state index contributed by atoms with van der Waals surface area (Å²) in [5, 5.41) is 0. The minimum absolute atomic E-state index is 0.379. The minimum atomic E-state index is 0.379. The molecule has 2 N–H and O–H groups in total. The third kappa shape index (κ3) is 3.32. The molecule has 0 bridgehead atoms. The molecule has 1 unspecified atom stereocenters. The molecule has 1 heterocycles. The van der Waals surface area contributed by atoms with Gasteiger partial charge < -0.3 is 15.0 Å². The molecule has 0 saturated heterocycles. The molecule has 92 valence electrons. The zero-order valence-corrected chi connectivity index (χ0v) is 10.5. The Hall–Kier alpha value is -0.870. The summed E-state index contributed by atoms with van der Waals surface area (Å²) < 4.78 is 7.50. The lowest BCUT2D eigenvalue weighted by Gasteiger charge is -2.20. The Morgan fingerprint density at radius 1 is 1.50 bits per heavy atom. The molecule has 0 aliphatic rings. The monoisotopic (exact) mass is 225 g/mol. The normalized spacial score (nSPS) is 13.3. The Morgan fingerprint density at radius 3 is 2.81 bits per heavy atom. The summed E-state index contributed by atoms with van der Waals surface area (Å²) >= 11 is 0. The van der Waals surface area contributed by atoms with E-state index in [4.69, 9.17) is 10.5 Å². The van der Waals surface area contributed by atoms with E-state index in [1.165, 1.54) is 5.69 Å². The van der Waals surface area contributed by atoms with Crippen LogP contribution in [0, 0.1) is 5.92 Å². The highest BCUT2D eigenvalue weighted by Crippen LogP contribution is 2.22. The van der Waals surface area contributed by atoms with E-state index in [0.717, 1.165) is 19.8 Å². The Bertz CT molecular complexity index is 296. The predicted octanol–water partition coefficient (Wildman–Crippen LogP) is 1.62. The number of imidazole rings is 1. The first-order valence-corrected chi connectivity index (χ1v) is 5.98. The van der Waals surface area contributed by atoms with Gasteiger partial charge in [-0.25, -0.2) is 4.98 Å². The van der Waals surface area contributed by atoms with Crippen molar-refractivity contribution in [1.29, 1.82) is 0 Å². The average molecular weight is 225 g/mol. The fraction of sp³-hybridized carbons (Fsp3) is 0.750. The zero-order chi connectivity index (χ0) is 12.0. The highest BCUT2D eigenvalue weighted by atomic mass is 16.5. The first-order valence-electron chi connectivity index (χ1n) is 5.98. The van der Waals surface area contributed by atoms with Crippen molar-refractivity contribution in [2.75, 3.05) is 19.8 Å². The molecule has 1 aromatic rings. The lowest BCUT2D eigenvalue weighted by Crippen LogP contribution is -2.21. The van der Waals surface area contributed by atoms with Crippen LogP contribution in [0.25, 0.3) is 0 Å². The van der Waals surface area contributed by atoms with E-state index in [-0.39, 0.29) is 0 Å². The first-order chi connectivity index (χ1) is 7.70. The van der Waals surface area contributed by atoms with Gasteiger partial charge in [0.25, 0.3) is 0 Å². The molecule has 0 aliphatic carbocycles. The molecule has 0 radical (unpaired) electrons. The number of rotatable bonds is 7. The van der Waals surface area contributed by atoms with E-state index >= 15 is 0 Å². The van der Waals surface area contributed by atoms with Crippen molar-refractivity contribution in [3.05, 3.63) is 18.2 Å². The second-order valence-corrected chi connectivity index (χ2v) is 4.30. The molecular weight excluding hydrogens is 202 g/mol. The van der Waals surface area contributed by atoms with Gasteiger partial charge in [0.2, 0.25) is 0 Å². The van der Waals surface area contributed by atoms with Crippen LogP contribution in [0.2, 0.25) is 0 Å². The van der Waals surface area contributed by atoms with Crippen LogP contribution in [0.5, 0.6) is 0 Å². The number of hydrogen-bond acceptors (Lipinski definition) is 3. The molecule has 1 atom stereocenters. The Morgan fingerprint density at radius 2 is 2.25 bits per heavy atom. The van der Waals surface area contributed by atoms with Crippen molar-refractivity contribution in [1.82, 2.24) is 9.55 Å². The fourth-order valence-electron chi connectivity index (χ4n) is 1.87. The molecule has 4 heteroatoms. The molecule has 4 nitrogen and oxygen atoms in total. The Kier molecular flexibility index (Phi) is 5.49. The van der Waals surface area contributed by atoms with E-state index in [1.807, 2.05) is 19.4 Å². The fourth-order valence-corrected chi connectivity index (χ4v) is 1.87. The van der Waals surface area contributed by atoms with Crippen LogP contribution in [0.15, 0.2) is 12.5 Å². The summed E-state index contributed by atoms with van der Waals surface area (Å²) in [6.07, 6.45) is 3.78. The van der Waals surface area contributed by atoms with Crippen molar-refractivity contribution in [3.8, 4) is 0 Å². The topological polar surface area (TPSA) is 53.1 Å². The van der Waals surface area contributed by atoms with Crippen molar-refractivity contribution >= 4 is 0 Å². The van der Waals surface area contributed by atoms with Gasteiger partial charge in [0.15, 0.2) is 0 Å². The average Bonchev–Trinajstić information content (AvgIpc) is 2.68. The maximum Gasteiger partial charge on any atom is 0.0949 e. The van der Waals surface area contributed by atoms with Crippen molar-refractivity contribution in [2.24, 2.45) is 11.7 Å². The van der Waals surface area contributed by atoms with Crippen LogP contribution < -0.4 is 5.73 Å². The highest BCUT2D eigenvalue weighted by molar-refractivity contribution is 5.08. The molecule has 0 spiro atoms. The summed E-state index contributed by atoms with van der Waals surface area (Å²) in [4.78, 5) is 4.20. The van der Waals surface area contributed by atoms with Crippen LogP contribution in [-0.2, 0) is 11.3 Å². The summed E-state index contributed by atoms with van der Waals surface area (Å²) in [7, 11) is 0. The lowest BCUT2D eigenvalue weighted by molar-refractivity contribution is 0.138. The standard InChI is InChI=1S/C12H23N3O/c1-4-16-6-5-15-9-14-8-12(15)11(7-13)10(2)3/h8-11H,4-7,13H2,1-3H3. The van der Waals surface area contributed by atoms with Crippen molar-refractivity contribution < 1.29 is 4.74 Å². The van der Waals surface area contributed by atoms with E-state index in [0.29, 0.717) is 18.4 Å². The third-order valence-electron chi connectivity index (χ3n) is 2.86.